The maximum absolute atomic E-state index is 13.3. The van der Waals surface area contributed by atoms with Gasteiger partial charge in [0, 0.05) is 10.9 Å². The molecule has 3 rings (SSSR count). The maximum Gasteiger partial charge on any atom is 0.349 e. The molecule has 3 aromatic rings. The van der Waals surface area contributed by atoms with Crippen LogP contribution in [0.4, 0.5) is 5.69 Å². The third-order valence-corrected chi connectivity index (χ3v) is 7.14. The molecule has 5 nitrogen and oxygen atoms in total. The van der Waals surface area contributed by atoms with Crippen LogP contribution in [0.3, 0.4) is 0 Å². The highest BCUT2D eigenvalue weighted by Gasteiger charge is 2.30. The fraction of sp³-hybridized carbons (Fsp3) is 0.190. The Hall–Kier alpha value is -2.64. The molecule has 0 spiro atoms. The first kappa shape index (κ1) is 20.1. The van der Waals surface area contributed by atoms with Gasteiger partial charge in [0.15, 0.2) is 0 Å². The molecule has 0 aliphatic carbocycles. The fourth-order valence-electron chi connectivity index (χ4n) is 2.84. The van der Waals surface area contributed by atoms with Gasteiger partial charge >= 0.3 is 5.97 Å². The van der Waals surface area contributed by atoms with Crippen molar-refractivity contribution in [2.75, 3.05) is 11.8 Å². The molecule has 28 heavy (non-hydrogen) atoms. The van der Waals surface area contributed by atoms with E-state index < -0.39 is 16.0 Å². The standard InChI is InChI=1S/C21H21NO4S2/c1-13-8-10-16(11-9-13)17-12-27-19(21(23)26-4)20(17)28(24,25)22-18-7-5-6-14(2)15(18)3/h5-12,22H,1-4H3. The first-order valence-corrected chi connectivity index (χ1v) is 11.0. The van der Waals surface area contributed by atoms with E-state index in [2.05, 4.69) is 4.72 Å². The Balaban J connectivity index is 2.17. The average molecular weight is 416 g/mol. The van der Waals surface area contributed by atoms with Crippen LogP contribution < -0.4 is 4.72 Å². The largest absolute Gasteiger partial charge is 0.465 e. The van der Waals surface area contributed by atoms with Crippen LogP contribution in [-0.4, -0.2) is 21.5 Å². The van der Waals surface area contributed by atoms with Crippen molar-refractivity contribution >= 4 is 33.0 Å². The molecule has 0 aliphatic rings. The molecular weight excluding hydrogens is 394 g/mol. The normalized spacial score (nSPS) is 11.3. The first-order valence-electron chi connectivity index (χ1n) is 8.60. The third kappa shape index (κ3) is 3.81. The van der Waals surface area contributed by atoms with Crippen LogP contribution in [0.15, 0.2) is 52.7 Å². The Morgan fingerprint density at radius 1 is 1.04 bits per heavy atom. The molecule has 0 aliphatic heterocycles. The summed E-state index contributed by atoms with van der Waals surface area (Å²) in [6.07, 6.45) is 0. The second-order valence-electron chi connectivity index (χ2n) is 6.52. The molecule has 0 amide bonds. The number of sulfonamides is 1. The van der Waals surface area contributed by atoms with E-state index in [9.17, 15) is 13.2 Å². The Morgan fingerprint density at radius 2 is 1.71 bits per heavy atom. The summed E-state index contributed by atoms with van der Waals surface area (Å²) < 4.78 is 34.1. The van der Waals surface area contributed by atoms with Crippen molar-refractivity contribution in [3.05, 3.63) is 69.4 Å². The first-order chi connectivity index (χ1) is 13.2. The molecule has 1 N–H and O–H groups in total. The number of anilines is 1. The predicted molar refractivity (Wildman–Crippen MR) is 113 cm³/mol. The molecule has 7 heteroatoms. The van der Waals surface area contributed by atoms with E-state index in [1.807, 2.05) is 51.1 Å². The number of hydrogen-bond donors (Lipinski definition) is 1. The highest BCUT2D eigenvalue weighted by molar-refractivity contribution is 7.93. The molecule has 146 valence electrons. The Morgan fingerprint density at radius 3 is 2.36 bits per heavy atom. The summed E-state index contributed by atoms with van der Waals surface area (Å²) in [6, 6.07) is 12.9. The zero-order valence-corrected chi connectivity index (χ0v) is 17.7. The van der Waals surface area contributed by atoms with Crippen LogP contribution in [0.25, 0.3) is 11.1 Å². The molecule has 1 heterocycles. The highest BCUT2D eigenvalue weighted by Crippen LogP contribution is 2.37. The maximum atomic E-state index is 13.3. The van der Waals surface area contributed by atoms with Crippen molar-refractivity contribution in [2.24, 2.45) is 0 Å². The lowest BCUT2D eigenvalue weighted by atomic mass is 10.1. The van der Waals surface area contributed by atoms with Crippen molar-refractivity contribution in [2.45, 2.75) is 25.7 Å². The summed E-state index contributed by atoms with van der Waals surface area (Å²) in [5.41, 5.74) is 4.54. The minimum atomic E-state index is -4.02. The topological polar surface area (TPSA) is 72.5 Å². The number of benzene rings is 2. The van der Waals surface area contributed by atoms with Crippen molar-refractivity contribution in [1.29, 1.82) is 0 Å². The SMILES string of the molecule is COC(=O)c1scc(-c2ccc(C)cc2)c1S(=O)(=O)Nc1cccc(C)c1C. The number of esters is 1. The van der Waals surface area contributed by atoms with Gasteiger partial charge in [0.1, 0.15) is 9.77 Å². The quantitative estimate of drug-likeness (QED) is 0.600. The van der Waals surface area contributed by atoms with Gasteiger partial charge < -0.3 is 4.74 Å². The van der Waals surface area contributed by atoms with Gasteiger partial charge in [0.05, 0.1) is 12.8 Å². The van der Waals surface area contributed by atoms with Gasteiger partial charge in [-0.3, -0.25) is 4.72 Å². The molecule has 0 unspecified atom stereocenters. The van der Waals surface area contributed by atoms with Gasteiger partial charge in [-0.05, 0) is 43.5 Å². The number of thiophene rings is 1. The Kier molecular flexibility index (Phi) is 5.58. The molecule has 0 bridgehead atoms. The summed E-state index contributed by atoms with van der Waals surface area (Å²) in [5.74, 6) is -0.676. The van der Waals surface area contributed by atoms with Crippen LogP contribution in [-0.2, 0) is 14.8 Å². The van der Waals surface area contributed by atoms with Gasteiger partial charge in [0.2, 0.25) is 0 Å². The second kappa shape index (κ2) is 7.77. The van der Waals surface area contributed by atoms with Crippen LogP contribution in [0, 0.1) is 20.8 Å². The van der Waals surface area contributed by atoms with E-state index in [0.29, 0.717) is 11.3 Å². The number of rotatable bonds is 5. The molecule has 2 aromatic carbocycles. The number of ether oxygens (including phenoxy) is 1. The van der Waals surface area contributed by atoms with Gasteiger partial charge in [0.25, 0.3) is 10.0 Å². The third-order valence-electron chi connectivity index (χ3n) is 4.60. The summed E-state index contributed by atoms with van der Waals surface area (Å²) in [6.45, 7) is 5.72. The van der Waals surface area contributed by atoms with Crippen LogP contribution >= 0.6 is 11.3 Å². The van der Waals surface area contributed by atoms with Crippen molar-refractivity contribution in [3.8, 4) is 11.1 Å². The van der Waals surface area contributed by atoms with E-state index >= 15 is 0 Å². The minimum Gasteiger partial charge on any atom is -0.465 e. The predicted octanol–water partition coefficient (Wildman–Crippen LogP) is 4.93. The monoisotopic (exact) mass is 415 g/mol. The smallest absolute Gasteiger partial charge is 0.349 e. The van der Waals surface area contributed by atoms with E-state index in [4.69, 9.17) is 4.74 Å². The zero-order chi connectivity index (χ0) is 20.5. The highest BCUT2D eigenvalue weighted by atomic mass is 32.2. The van der Waals surface area contributed by atoms with Crippen LogP contribution in [0.1, 0.15) is 26.4 Å². The number of carbonyl (C=O) groups excluding carboxylic acids is 1. The van der Waals surface area contributed by atoms with Gasteiger partial charge in [-0.2, -0.15) is 0 Å². The van der Waals surface area contributed by atoms with Crippen LogP contribution in [0.5, 0.6) is 0 Å². The molecule has 0 radical (unpaired) electrons. The van der Waals surface area contributed by atoms with Crippen molar-refractivity contribution < 1.29 is 17.9 Å². The average Bonchev–Trinajstić information content (AvgIpc) is 3.11. The summed E-state index contributed by atoms with van der Waals surface area (Å²) in [5, 5.41) is 1.68. The molecular formula is C21H21NO4S2. The minimum absolute atomic E-state index is 0.0517. The summed E-state index contributed by atoms with van der Waals surface area (Å²) in [4.78, 5) is 12.2. The molecule has 0 fully saturated rings. The molecule has 1 aromatic heterocycles. The Labute approximate surface area is 169 Å². The van der Waals surface area contributed by atoms with Crippen molar-refractivity contribution in [3.63, 3.8) is 0 Å². The van der Waals surface area contributed by atoms with E-state index in [0.717, 1.165) is 33.6 Å². The summed E-state index contributed by atoms with van der Waals surface area (Å²) in [7, 11) is -2.79. The number of nitrogens with one attached hydrogen (secondary N) is 1. The molecule has 0 atom stereocenters. The number of carbonyl (C=O) groups is 1. The number of methoxy groups -OCH3 is 1. The molecule has 0 saturated carbocycles. The van der Waals surface area contributed by atoms with Gasteiger partial charge in [-0.1, -0.05) is 42.0 Å². The molecule has 0 saturated heterocycles. The van der Waals surface area contributed by atoms with Crippen LogP contribution in [0.2, 0.25) is 0 Å². The van der Waals surface area contributed by atoms with E-state index in [1.165, 1.54) is 7.11 Å². The van der Waals surface area contributed by atoms with Crippen molar-refractivity contribution in [1.82, 2.24) is 0 Å². The zero-order valence-electron chi connectivity index (χ0n) is 16.1. The fourth-order valence-corrected chi connectivity index (χ4v) is 5.68. The number of hydrogen-bond acceptors (Lipinski definition) is 5. The van der Waals surface area contributed by atoms with E-state index in [1.54, 1.807) is 17.5 Å². The van der Waals surface area contributed by atoms with E-state index in [-0.39, 0.29) is 9.77 Å². The lowest BCUT2D eigenvalue weighted by Gasteiger charge is -2.14. The van der Waals surface area contributed by atoms with Gasteiger partial charge in [-0.15, -0.1) is 11.3 Å². The number of aryl methyl sites for hydroxylation is 2. The Bertz CT molecular complexity index is 1130. The second-order valence-corrected chi connectivity index (χ2v) is 9.02. The lowest BCUT2D eigenvalue weighted by molar-refractivity contribution is 0.0602. The van der Waals surface area contributed by atoms with Gasteiger partial charge in [-0.25, -0.2) is 13.2 Å². The lowest BCUT2D eigenvalue weighted by Crippen LogP contribution is -2.17. The summed E-state index contributed by atoms with van der Waals surface area (Å²) >= 11 is 1.06.